The largest absolute Gasteiger partial charge is 0.349 e. The average Bonchev–Trinajstić information content (AvgIpc) is 3.37. The number of hydrogen-bond donors (Lipinski definition) is 1. The number of aryl methyl sites for hydroxylation is 1. The van der Waals surface area contributed by atoms with Crippen molar-refractivity contribution in [3.8, 4) is 34.2 Å². The zero-order valence-electron chi connectivity index (χ0n) is 16.3. The molecule has 0 spiro atoms. The molecule has 0 unspecified atom stereocenters. The van der Waals surface area contributed by atoms with Crippen LogP contribution in [-0.2, 0) is 13.6 Å². The van der Waals surface area contributed by atoms with Crippen LogP contribution in [0.4, 0.5) is 0 Å². The van der Waals surface area contributed by atoms with Crippen LogP contribution in [0.3, 0.4) is 0 Å². The minimum absolute atomic E-state index is 0.115. The maximum Gasteiger partial charge on any atom is 0.270 e. The van der Waals surface area contributed by atoms with Gasteiger partial charge < -0.3 is 5.32 Å². The maximum absolute atomic E-state index is 12.7. The zero-order chi connectivity index (χ0) is 20.5. The zero-order valence-corrected chi connectivity index (χ0v) is 16.3. The Kier molecular flexibility index (Phi) is 4.37. The molecule has 1 N–H and O–H groups in total. The Morgan fingerprint density at radius 3 is 2.77 bits per heavy atom. The van der Waals surface area contributed by atoms with Crippen molar-refractivity contribution in [1.29, 1.82) is 0 Å². The van der Waals surface area contributed by atoms with Gasteiger partial charge in [0.05, 0.1) is 23.9 Å². The van der Waals surface area contributed by atoms with Gasteiger partial charge in [0, 0.05) is 43.3 Å². The Labute approximate surface area is 173 Å². The first-order valence-electron chi connectivity index (χ1n) is 9.60. The van der Waals surface area contributed by atoms with E-state index in [1.807, 2.05) is 49.6 Å². The van der Waals surface area contributed by atoms with Gasteiger partial charge in [-0.2, -0.15) is 10.2 Å². The van der Waals surface area contributed by atoms with Crippen molar-refractivity contribution in [2.75, 3.05) is 6.54 Å². The summed E-state index contributed by atoms with van der Waals surface area (Å²) in [4.78, 5) is 17.0. The highest BCUT2D eigenvalue weighted by Crippen LogP contribution is 2.36. The summed E-state index contributed by atoms with van der Waals surface area (Å²) < 4.78 is 3.50. The van der Waals surface area contributed by atoms with Crippen LogP contribution < -0.4 is 5.32 Å². The second kappa shape index (κ2) is 7.33. The van der Waals surface area contributed by atoms with Crippen molar-refractivity contribution in [2.24, 2.45) is 7.05 Å². The van der Waals surface area contributed by atoms with Gasteiger partial charge in [-0.3, -0.25) is 19.1 Å². The average molecular weight is 394 g/mol. The summed E-state index contributed by atoms with van der Waals surface area (Å²) in [6, 6.07) is 11.7. The number of pyridine rings is 1. The monoisotopic (exact) mass is 394 g/mol. The molecule has 0 fully saturated rings. The van der Waals surface area contributed by atoms with Gasteiger partial charge in [-0.05, 0) is 11.6 Å². The summed E-state index contributed by atoms with van der Waals surface area (Å²) in [7, 11) is 1.85. The predicted octanol–water partition coefficient (Wildman–Crippen LogP) is 2.49. The normalized spacial score (nSPS) is 12.6. The summed E-state index contributed by atoms with van der Waals surface area (Å²) in [5, 5.41) is 11.9. The molecule has 4 aromatic rings. The molecule has 7 nitrogen and oxygen atoms in total. The van der Waals surface area contributed by atoms with Gasteiger partial charge in [0.15, 0.2) is 0 Å². The molecule has 1 aromatic carbocycles. The van der Waals surface area contributed by atoms with Gasteiger partial charge in [-0.25, -0.2) is 0 Å². The summed E-state index contributed by atoms with van der Waals surface area (Å²) >= 11 is 0. The van der Waals surface area contributed by atoms with E-state index in [1.54, 1.807) is 28.0 Å². The molecular formula is C23H18N6O. The van der Waals surface area contributed by atoms with Crippen molar-refractivity contribution < 1.29 is 4.79 Å². The van der Waals surface area contributed by atoms with E-state index >= 15 is 0 Å². The molecule has 0 radical (unpaired) electrons. The fourth-order valence-electron chi connectivity index (χ4n) is 3.61. The minimum Gasteiger partial charge on any atom is -0.349 e. The molecule has 4 heterocycles. The number of amides is 1. The number of benzene rings is 1. The van der Waals surface area contributed by atoms with Gasteiger partial charge in [0.1, 0.15) is 11.4 Å². The van der Waals surface area contributed by atoms with Gasteiger partial charge >= 0.3 is 0 Å². The van der Waals surface area contributed by atoms with Gasteiger partial charge in [0.2, 0.25) is 0 Å². The lowest BCUT2D eigenvalue weighted by Crippen LogP contribution is -2.35. The molecule has 3 aromatic heterocycles. The van der Waals surface area contributed by atoms with E-state index in [2.05, 4.69) is 27.2 Å². The van der Waals surface area contributed by atoms with E-state index in [9.17, 15) is 4.79 Å². The third-order valence-electron chi connectivity index (χ3n) is 4.96. The molecule has 1 aliphatic rings. The van der Waals surface area contributed by atoms with Crippen molar-refractivity contribution in [1.82, 2.24) is 29.9 Å². The van der Waals surface area contributed by atoms with Crippen LogP contribution in [0.2, 0.25) is 0 Å². The molecule has 146 valence electrons. The smallest absolute Gasteiger partial charge is 0.270 e. The highest BCUT2D eigenvalue weighted by atomic mass is 16.2. The molecule has 7 heteroatoms. The van der Waals surface area contributed by atoms with Crippen LogP contribution in [0.1, 0.15) is 21.6 Å². The Balaban J connectivity index is 1.71. The molecule has 0 bridgehead atoms. The number of carbonyl (C=O) groups excluding carboxylic acids is 1. The van der Waals surface area contributed by atoms with Gasteiger partial charge in [-0.1, -0.05) is 42.2 Å². The van der Waals surface area contributed by atoms with E-state index in [1.165, 1.54) is 0 Å². The maximum atomic E-state index is 12.7. The third kappa shape index (κ3) is 3.14. The van der Waals surface area contributed by atoms with Gasteiger partial charge in [0.25, 0.3) is 5.91 Å². The van der Waals surface area contributed by atoms with Crippen LogP contribution in [0, 0.1) is 11.8 Å². The fraction of sp³-hybridized carbons (Fsp3) is 0.130. The lowest BCUT2D eigenvalue weighted by molar-refractivity contribution is 0.0925. The topological polar surface area (TPSA) is 77.6 Å². The predicted molar refractivity (Wildman–Crippen MR) is 112 cm³/mol. The number of rotatable bonds is 2. The quantitative estimate of drug-likeness (QED) is 0.530. The van der Waals surface area contributed by atoms with Crippen LogP contribution in [-0.4, -0.2) is 37.0 Å². The molecule has 0 atom stereocenters. The van der Waals surface area contributed by atoms with Gasteiger partial charge in [-0.15, -0.1) is 0 Å². The Bertz CT molecular complexity index is 1310. The Morgan fingerprint density at radius 2 is 1.97 bits per heavy atom. The Morgan fingerprint density at radius 1 is 1.10 bits per heavy atom. The fourth-order valence-corrected chi connectivity index (χ4v) is 3.61. The summed E-state index contributed by atoms with van der Waals surface area (Å²) in [5.41, 5.74) is 5.46. The second-order valence-corrected chi connectivity index (χ2v) is 6.99. The molecule has 5 rings (SSSR count). The van der Waals surface area contributed by atoms with Crippen molar-refractivity contribution in [2.45, 2.75) is 6.54 Å². The molecule has 0 aliphatic carbocycles. The number of nitrogens with one attached hydrogen (secondary N) is 1. The third-order valence-corrected chi connectivity index (χ3v) is 4.96. The Hall–Kier alpha value is -4.18. The molecule has 0 saturated heterocycles. The molecule has 1 amide bonds. The van der Waals surface area contributed by atoms with E-state index < -0.39 is 0 Å². The number of hydrogen-bond acceptors (Lipinski definition) is 4. The van der Waals surface area contributed by atoms with E-state index in [0.717, 1.165) is 33.5 Å². The molecular weight excluding hydrogens is 376 g/mol. The van der Waals surface area contributed by atoms with Crippen LogP contribution in [0.25, 0.3) is 22.4 Å². The van der Waals surface area contributed by atoms with E-state index in [4.69, 9.17) is 5.10 Å². The number of aromatic nitrogens is 5. The summed E-state index contributed by atoms with van der Waals surface area (Å²) in [6.45, 7) is 1.19. The van der Waals surface area contributed by atoms with Crippen molar-refractivity contribution >= 4 is 5.91 Å². The first kappa shape index (κ1) is 17.9. The highest BCUT2D eigenvalue weighted by molar-refractivity contribution is 6.03. The first-order valence-corrected chi connectivity index (χ1v) is 9.60. The molecule has 30 heavy (non-hydrogen) atoms. The number of fused-ring (bicyclic) bond motifs is 1. The van der Waals surface area contributed by atoms with Crippen LogP contribution >= 0.6 is 0 Å². The standard InChI is InChI=1S/C23H18N6O/c1-28-15-16(13-26-28)7-8-18-14-24-10-9-19(18)21-20(17-5-3-2-4-6-17)22-23(30)25-11-12-29(22)27-21/h2-6,9-10,13-15H,11-12H2,1H3,(H,25,30). The highest BCUT2D eigenvalue weighted by Gasteiger charge is 2.28. The molecule has 1 aliphatic heterocycles. The van der Waals surface area contributed by atoms with Crippen molar-refractivity contribution in [3.05, 3.63) is 78.0 Å². The lowest BCUT2D eigenvalue weighted by atomic mass is 9.96. The number of nitrogens with zero attached hydrogens (tertiary/aromatic N) is 5. The van der Waals surface area contributed by atoms with E-state index in [0.29, 0.717) is 18.8 Å². The number of carbonyl (C=O) groups is 1. The summed E-state index contributed by atoms with van der Waals surface area (Å²) in [5.74, 6) is 6.22. The first-order chi connectivity index (χ1) is 14.7. The lowest BCUT2D eigenvalue weighted by Gasteiger charge is -2.15. The summed E-state index contributed by atoms with van der Waals surface area (Å²) in [6.07, 6.45) is 7.03. The SMILES string of the molecule is Cn1cc(C#Cc2cnccc2-c2nn3c(c2-c2ccccc2)C(=O)NCC3)cn1. The molecule has 0 saturated carbocycles. The van der Waals surface area contributed by atoms with Crippen LogP contribution in [0.15, 0.2) is 61.2 Å². The minimum atomic E-state index is -0.115. The van der Waals surface area contributed by atoms with Crippen LogP contribution in [0.5, 0.6) is 0 Å². The van der Waals surface area contributed by atoms with Crippen molar-refractivity contribution in [3.63, 3.8) is 0 Å². The van der Waals surface area contributed by atoms with E-state index in [-0.39, 0.29) is 5.91 Å². The second-order valence-electron chi connectivity index (χ2n) is 6.99.